The van der Waals surface area contributed by atoms with Crippen molar-refractivity contribution < 1.29 is 13.9 Å². The van der Waals surface area contributed by atoms with Crippen LogP contribution in [0.25, 0.3) is 11.5 Å². The highest BCUT2D eigenvalue weighted by Gasteiger charge is 2.15. The van der Waals surface area contributed by atoms with Crippen LogP contribution >= 0.6 is 0 Å². The normalized spacial score (nSPS) is 10.8. The standard InChI is InChI=1S/C20H21N3O3/c1-13(2)25-17-8-6-16(7-9-17)22-19(24)11-18-14(3)26-20(23-18)15-5-4-10-21-12-15/h4-10,12-13H,11H2,1-3H3,(H,22,24). The maximum atomic E-state index is 12.3. The van der Waals surface area contributed by atoms with Crippen molar-refractivity contribution in [3.05, 3.63) is 60.2 Å². The molecule has 1 amide bonds. The predicted octanol–water partition coefficient (Wildman–Crippen LogP) is 4.01. The van der Waals surface area contributed by atoms with E-state index in [9.17, 15) is 4.79 Å². The highest BCUT2D eigenvalue weighted by molar-refractivity contribution is 5.92. The molecule has 0 atom stereocenters. The molecule has 6 heteroatoms. The van der Waals surface area contributed by atoms with Gasteiger partial charge in [0.25, 0.3) is 0 Å². The highest BCUT2D eigenvalue weighted by Crippen LogP contribution is 2.22. The van der Waals surface area contributed by atoms with E-state index in [1.165, 1.54) is 0 Å². The van der Waals surface area contributed by atoms with Crippen LogP contribution in [0.5, 0.6) is 5.75 Å². The summed E-state index contributed by atoms with van der Waals surface area (Å²) < 4.78 is 11.2. The molecule has 3 rings (SSSR count). The summed E-state index contributed by atoms with van der Waals surface area (Å²) in [7, 11) is 0. The van der Waals surface area contributed by atoms with Gasteiger partial charge in [0, 0.05) is 18.1 Å². The van der Waals surface area contributed by atoms with Crippen LogP contribution in [-0.2, 0) is 11.2 Å². The largest absolute Gasteiger partial charge is 0.491 e. The van der Waals surface area contributed by atoms with Crippen LogP contribution in [0.2, 0.25) is 0 Å². The number of amides is 1. The number of carbonyl (C=O) groups excluding carboxylic acids is 1. The third-order valence-electron chi connectivity index (χ3n) is 3.64. The zero-order chi connectivity index (χ0) is 18.5. The van der Waals surface area contributed by atoms with Gasteiger partial charge in [-0.1, -0.05) is 0 Å². The molecule has 1 aromatic carbocycles. The molecular weight excluding hydrogens is 330 g/mol. The van der Waals surface area contributed by atoms with Crippen LogP contribution in [0.3, 0.4) is 0 Å². The Morgan fingerprint density at radius 3 is 2.65 bits per heavy atom. The highest BCUT2D eigenvalue weighted by atomic mass is 16.5. The molecule has 0 radical (unpaired) electrons. The van der Waals surface area contributed by atoms with Gasteiger partial charge in [-0.2, -0.15) is 0 Å². The first-order chi connectivity index (χ1) is 12.5. The number of anilines is 1. The van der Waals surface area contributed by atoms with E-state index < -0.39 is 0 Å². The van der Waals surface area contributed by atoms with Gasteiger partial charge in [0.05, 0.1) is 23.8 Å². The molecule has 134 valence electrons. The zero-order valence-corrected chi connectivity index (χ0v) is 15.0. The first kappa shape index (κ1) is 17.7. The summed E-state index contributed by atoms with van der Waals surface area (Å²) in [6.45, 7) is 5.74. The molecule has 0 saturated carbocycles. The molecule has 2 heterocycles. The van der Waals surface area contributed by atoms with Gasteiger partial charge in [0.2, 0.25) is 11.8 Å². The van der Waals surface area contributed by atoms with Crippen LogP contribution in [0.15, 0.2) is 53.2 Å². The van der Waals surface area contributed by atoms with Crippen molar-refractivity contribution >= 4 is 11.6 Å². The van der Waals surface area contributed by atoms with E-state index in [4.69, 9.17) is 9.15 Å². The lowest BCUT2D eigenvalue weighted by Gasteiger charge is -2.10. The number of hydrogen-bond acceptors (Lipinski definition) is 5. The Kier molecular flexibility index (Phi) is 5.31. The lowest BCUT2D eigenvalue weighted by Crippen LogP contribution is -2.15. The SMILES string of the molecule is Cc1oc(-c2cccnc2)nc1CC(=O)Nc1ccc(OC(C)C)cc1. The summed E-state index contributed by atoms with van der Waals surface area (Å²) in [5, 5.41) is 2.86. The Bertz CT molecular complexity index is 871. The fraction of sp³-hybridized carbons (Fsp3) is 0.250. The minimum atomic E-state index is -0.156. The minimum absolute atomic E-state index is 0.111. The van der Waals surface area contributed by atoms with Gasteiger partial charge < -0.3 is 14.5 Å². The third kappa shape index (κ3) is 4.47. The number of ether oxygens (including phenoxy) is 1. The predicted molar refractivity (Wildman–Crippen MR) is 99.0 cm³/mol. The molecule has 0 aliphatic heterocycles. The van der Waals surface area contributed by atoms with E-state index in [-0.39, 0.29) is 18.4 Å². The lowest BCUT2D eigenvalue weighted by atomic mass is 10.2. The second-order valence-electron chi connectivity index (χ2n) is 6.18. The lowest BCUT2D eigenvalue weighted by molar-refractivity contribution is -0.115. The summed E-state index contributed by atoms with van der Waals surface area (Å²) in [4.78, 5) is 20.8. The Morgan fingerprint density at radius 2 is 2.00 bits per heavy atom. The van der Waals surface area contributed by atoms with Crippen molar-refractivity contribution in [1.82, 2.24) is 9.97 Å². The Labute approximate surface area is 152 Å². The Hall–Kier alpha value is -3.15. The van der Waals surface area contributed by atoms with Gasteiger partial charge in [0.1, 0.15) is 11.5 Å². The molecule has 26 heavy (non-hydrogen) atoms. The third-order valence-corrected chi connectivity index (χ3v) is 3.64. The number of aromatic nitrogens is 2. The number of aryl methyl sites for hydroxylation is 1. The van der Waals surface area contributed by atoms with Gasteiger partial charge in [-0.05, 0) is 57.2 Å². The molecule has 0 spiro atoms. The van der Waals surface area contributed by atoms with Gasteiger partial charge >= 0.3 is 0 Å². The Balaban J connectivity index is 1.64. The second kappa shape index (κ2) is 7.82. The number of carbonyl (C=O) groups is 1. The van der Waals surface area contributed by atoms with Crippen molar-refractivity contribution in [3.8, 4) is 17.2 Å². The number of nitrogens with one attached hydrogen (secondary N) is 1. The first-order valence-electron chi connectivity index (χ1n) is 8.44. The van der Waals surface area contributed by atoms with Gasteiger partial charge in [0.15, 0.2) is 0 Å². The van der Waals surface area contributed by atoms with E-state index in [1.807, 2.05) is 50.2 Å². The van der Waals surface area contributed by atoms with Gasteiger partial charge in [-0.3, -0.25) is 9.78 Å². The van der Waals surface area contributed by atoms with E-state index in [1.54, 1.807) is 19.3 Å². The average Bonchev–Trinajstić information content (AvgIpc) is 2.97. The second-order valence-corrected chi connectivity index (χ2v) is 6.18. The smallest absolute Gasteiger partial charge is 0.230 e. The average molecular weight is 351 g/mol. The summed E-state index contributed by atoms with van der Waals surface area (Å²) in [5.74, 6) is 1.70. The van der Waals surface area contributed by atoms with Crippen molar-refractivity contribution in [2.75, 3.05) is 5.32 Å². The summed E-state index contributed by atoms with van der Waals surface area (Å²) in [5.41, 5.74) is 2.10. The molecule has 6 nitrogen and oxygen atoms in total. The first-order valence-corrected chi connectivity index (χ1v) is 8.44. The van der Waals surface area contributed by atoms with Crippen molar-refractivity contribution in [1.29, 1.82) is 0 Å². The summed E-state index contributed by atoms with van der Waals surface area (Å²) >= 11 is 0. The molecule has 0 fully saturated rings. The van der Waals surface area contributed by atoms with Crippen molar-refractivity contribution in [3.63, 3.8) is 0 Å². The quantitative estimate of drug-likeness (QED) is 0.726. The van der Waals surface area contributed by atoms with E-state index in [2.05, 4.69) is 15.3 Å². The van der Waals surface area contributed by atoms with Crippen LogP contribution in [0, 0.1) is 6.92 Å². The van der Waals surface area contributed by atoms with Crippen LogP contribution < -0.4 is 10.1 Å². The van der Waals surface area contributed by atoms with Crippen LogP contribution in [-0.4, -0.2) is 22.0 Å². The summed E-state index contributed by atoms with van der Waals surface area (Å²) in [6, 6.07) is 11.0. The molecule has 0 aliphatic carbocycles. The molecule has 2 aromatic heterocycles. The van der Waals surface area contributed by atoms with Crippen LogP contribution in [0.1, 0.15) is 25.3 Å². The van der Waals surface area contributed by atoms with E-state index in [0.717, 1.165) is 11.3 Å². The zero-order valence-electron chi connectivity index (χ0n) is 15.0. The number of rotatable bonds is 6. The molecular formula is C20H21N3O3. The number of nitrogens with zero attached hydrogens (tertiary/aromatic N) is 2. The summed E-state index contributed by atoms with van der Waals surface area (Å²) in [6.07, 6.45) is 3.61. The topological polar surface area (TPSA) is 77.2 Å². The Morgan fingerprint density at radius 1 is 1.23 bits per heavy atom. The van der Waals surface area contributed by atoms with Crippen molar-refractivity contribution in [2.24, 2.45) is 0 Å². The van der Waals surface area contributed by atoms with Gasteiger partial charge in [-0.15, -0.1) is 0 Å². The van der Waals surface area contributed by atoms with E-state index in [0.29, 0.717) is 23.0 Å². The molecule has 3 aromatic rings. The maximum Gasteiger partial charge on any atom is 0.230 e. The fourth-order valence-corrected chi connectivity index (χ4v) is 2.45. The number of benzene rings is 1. The van der Waals surface area contributed by atoms with Crippen molar-refractivity contribution in [2.45, 2.75) is 33.3 Å². The molecule has 0 saturated heterocycles. The van der Waals surface area contributed by atoms with Gasteiger partial charge in [-0.25, -0.2) is 4.98 Å². The maximum absolute atomic E-state index is 12.3. The fourth-order valence-electron chi connectivity index (χ4n) is 2.45. The number of hydrogen-bond donors (Lipinski definition) is 1. The monoisotopic (exact) mass is 351 g/mol. The van der Waals surface area contributed by atoms with E-state index >= 15 is 0 Å². The molecule has 0 unspecified atom stereocenters. The number of oxazole rings is 1. The number of pyridine rings is 1. The molecule has 0 bridgehead atoms. The van der Waals surface area contributed by atoms with Crippen LogP contribution in [0.4, 0.5) is 5.69 Å². The molecule has 1 N–H and O–H groups in total. The molecule has 0 aliphatic rings. The minimum Gasteiger partial charge on any atom is -0.491 e.